The highest BCUT2D eigenvalue weighted by Gasteiger charge is 2.57. The number of piperazine rings is 1. The number of esters is 1. The van der Waals surface area contributed by atoms with Crippen LogP contribution in [-0.4, -0.2) is 196 Å². The normalized spacial score (nSPS) is 31.5. The zero-order valence-corrected chi connectivity index (χ0v) is 54.2. The first kappa shape index (κ1) is 70.3. The number of halogens is 2. The number of aliphatic hydroxyl groups is 4. The van der Waals surface area contributed by atoms with Crippen LogP contribution < -0.4 is 10.1 Å². The van der Waals surface area contributed by atoms with Gasteiger partial charge in [-0.05, 0) is 139 Å². The largest absolute Gasteiger partial charge is 0.493 e. The maximum atomic E-state index is 14.8. The fraction of sp³-hybridized carbons (Fsp3) is 0.657. The van der Waals surface area contributed by atoms with Gasteiger partial charge < -0.3 is 64.0 Å². The van der Waals surface area contributed by atoms with E-state index in [4.69, 9.17) is 40.0 Å². The molecule has 2 amide bonds. The number of benzene rings is 2. The molecule has 0 unspecified atom stereocenters. The van der Waals surface area contributed by atoms with Gasteiger partial charge in [0, 0.05) is 108 Å². The minimum Gasteiger partial charge on any atom is -0.493 e. The summed E-state index contributed by atoms with van der Waals surface area (Å²) in [5.74, 6) is -8.10. The van der Waals surface area contributed by atoms with Gasteiger partial charge in [0.25, 0.3) is 11.7 Å². The fourth-order valence-corrected chi connectivity index (χ4v) is 14.0. The molecule has 1 aliphatic carbocycles. The van der Waals surface area contributed by atoms with Crippen LogP contribution in [0.15, 0.2) is 60.0 Å². The smallest absolute Gasteiger partial charge is 0.329 e. The zero-order chi connectivity index (χ0) is 65.0. The van der Waals surface area contributed by atoms with Gasteiger partial charge in [0.15, 0.2) is 0 Å². The number of rotatable bonds is 17. The Morgan fingerprint density at radius 3 is 2.33 bits per heavy atom. The topological polar surface area (TPSA) is 269 Å². The van der Waals surface area contributed by atoms with Crippen LogP contribution in [0.2, 0.25) is 5.02 Å². The molecule has 5 heterocycles. The number of ether oxygens (including phenoxy) is 6. The van der Waals surface area contributed by atoms with Crippen LogP contribution in [0.1, 0.15) is 130 Å². The standard InChI is InChI=1S/C67H94ClFN6O15/c1-39-27-40(2)29-58(86-7)62-59(87-8)31-42(4)67(84,90-62)63(81)65(82)75-21-10-9-14-52(75)66(83)89-61(41(3)30-44-16-19-53(77)57(32-44)85-6)43(5)54(78)36-55(79)45(28-39)13-11-15-60(80)74-24-22-73(23-25-74)20-12-26-88-56-35-48-51(33-46(56)37-76)70-38-71-64(48)72-47-17-18-50(69)49(68)34-47/h17-18,28,30,33-35,38,40,42-45,52-54,57-59,61-62,76-78,84H,9-16,19-27,29,31-32,36-37H2,1-8H3,(H,70,71,72)/b39-28+,41-30+/t40-,42+,43+,44-,45+,52-,53+,54-,57+,58-,59-,61+,62+,67+/m0/s1. The Morgan fingerprint density at radius 1 is 0.889 bits per heavy atom. The van der Waals surface area contributed by atoms with Crippen LogP contribution in [-0.2, 0) is 54.3 Å². The molecule has 5 N–H and O–H groups in total. The van der Waals surface area contributed by atoms with Crippen LogP contribution >= 0.6 is 11.6 Å². The first-order valence-corrected chi connectivity index (χ1v) is 32.5. The lowest BCUT2D eigenvalue weighted by Crippen LogP contribution is -2.64. The zero-order valence-electron chi connectivity index (χ0n) is 53.5. The summed E-state index contributed by atoms with van der Waals surface area (Å²) < 4.78 is 50.4. The number of nitrogens with one attached hydrogen (secondary N) is 1. The van der Waals surface area contributed by atoms with Gasteiger partial charge in [0.1, 0.15) is 47.7 Å². The number of piperidine rings is 1. The molecule has 1 aromatic heterocycles. The predicted octanol–water partition coefficient (Wildman–Crippen LogP) is 7.82. The number of carbonyl (C=O) groups is 5. The van der Waals surface area contributed by atoms with Crippen molar-refractivity contribution in [2.45, 2.75) is 186 Å². The third-order valence-corrected chi connectivity index (χ3v) is 19.4. The van der Waals surface area contributed by atoms with Gasteiger partial charge in [0.2, 0.25) is 11.7 Å². The third kappa shape index (κ3) is 17.4. The molecule has 2 aromatic carbocycles. The molecular weight excluding hydrogens is 1180 g/mol. The van der Waals surface area contributed by atoms with E-state index in [1.807, 2.05) is 30.9 Å². The van der Waals surface area contributed by atoms with Crippen LogP contribution in [0, 0.1) is 35.4 Å². The van der Waals surface area contributed by atoms with Crippen molar-refractivity contribution in [3.63, 3.8) is 0 Å². The molecular formula is C67H94ClFN6O15. The maximum absolute atomic E-state index is 14.8. The quantitative estimate of drug-likeness (QED) is 0.0373. The molecule has 5 aliphatic rings. The lowest BCUT2D eigenvalue weighted by molar-refractivity contribution is -0.302. The Morgan fingerprint density at radius 2 is 1.62 bits per heavy atom. The second kappa shape index (κ2) is 32.4. The molecule has 1 saturated carbocycles. The lowest BCUT2D eigenvalue weighted by atomic mass is 9.81. The van der Waals surface area contributed by atoms with Gasteiger partial charge in [-0.2, -0.15) is 0 Å². The molecule has 4 aliphatic heterocycles. The van der Waals surface area contributed by atoms with Crippen LogP contribution in [0.3, 0.4) is 0 Å². The molecule has 3 aromatic rings. The number of carbonyl (C=O) groups excluding carboxylic acids is 5. The van der Waals surface area contributed by atoms with Crippen molar-refractivity contribution in [1.82, 2.24) is 24.7 Å². The minimum absolute atomic E-state index is 0.0216. The highest BCUT2D eigenvalue weighted by Crippen LogP contribution is 2.40. The van der Waals surface area contributed by atoms with Crippen molar-refractivity contribution in [3.8, 4) is 5.75 Å². The van der Waals surface area contributed by atoms with Gasteiger partial charge in [-0.3, -0.25) is 24.1 Å². The van der Waals surface area contributed by atoms with E-state index in [2.05, 4.69) is 20.2 Å². The molecule has 0 spiro atoms. The molecule has 14 atom stereocenters. The number of Topliss-reactive ketones (excluding diaryl/α,β-unsaturated/α-hetero) is 2. The van der Waals surface area contributed by atoms with Crippen molar-refractivity contribution < 1.29 is 77.2 Å². The van der Waals surface area contributed by atoms with Crippen molar-refractivity contribution in [3.05, 3.63) is 76.4 Å². The molecule has 4 fully saturated rings. The number of methoxy groups -OCH3 is 3. The first-order valence-electron chi connectivity index (χ1n) is 32.1. The van der Waals surface area contributed by atoms with E-state index in [1.54, 1.807) is 46.1 Å². The van der Waals surface area contributed by atoms with Crippen LogP contribution in [0.25, 0.3) is 10.9 Å². The molecule has 0 radical (unpaired) electrons. The van der Waals surface area contributed by atoms with Gasteiger partial charge >= 0.3 is 5.97 Å². The summed E-state index contributed by atoms with van der Waals surface area (Å²) in [6, 6.07) is 6.59. The number of aliphatic hydroxyl groups excluding tert-OH is 3. The fourth-order valence-electron chi connectivity index (χ4n) is 13.8. The number of cyclic esters (lactones) is 1. The van der Waals surface area contributed by atoms with Crippen molar-refractivity contribution >= 4 is 63.4 Å². The van der Waals surface area contributed by atoms with Crippen LogP contribution in [0.5, 0.6) is 5.75 Å². The number of fused-ring (bicyclic) bond motifs is 4. The van der Waals surface area contributed by atoms with E-state index in [1.165, 1.54) is 37.6 Å². The summed E-state index contributed by atoms with van der Waals surface area (Å²) >= 11 is 6.02. The molecule has 23 heteroatoms. The number of aromatic nitrogens is 2. The Hall–Kier alpha value is -5.53. The maximum Gasteiger partial charge on any atom is 0.329 e. The number of hydrogen-bond donors (Lipinski definition) is 5. The second-order valence-electron chi connectivity index (χ2n) is 25.7. The molecule has 3 saturated heterocycles. The number of hydrogen-bond acceptors (Lipinski definition) is 19. The summed E-state index contributed by atoms with van der Waals surface area (Å²) in [6.07, 6.45) is 4.75. The first-order chi connectivity index (χ1) is 43.0. The summed E-state index contributed by atoms with van der Waals surface area (Å²) in [7, 11) is 4.57. The van der Waals surface area contributed by atoms with E-state index in [-0.39, 0.29) is 67.4 Å². The SMILES string of the molecule is CO[C@H]1C[C@@H](C)C/C(C)=C/[C@@H](CCCC(=O)N2CCN(CCCOc3cc4c(Nc5ccc(F)c(Cl)c5)ncnc4cc3CO)CC2)C(=O)C[C@H](O)[C@@H](C)[C@@H](/C(C)=C/[C@@H]2CC[C@@H](O)[C@H](OC)C2)OC(=O)[C@@H]2CCCCN2C(=O)C(=O)[C@]2(O)O[C@H]1[C@@H](OC)C[C@H]2C. The van der Waals surface area contributed by atoms with E-state index in [0.717, 1.165) is 5.57 Å². The minimum atomic E-state index is -2.58. The molecule has 496 valence electrons. The molecule has 90 heavy (non-hydrogen) atoms. The van der Waals surface area contributed by atoms with E-state index in [0.29, 0.717) is 143 Å². The van der Waals surface area contributed by atoms with Crippen LogP contribution in [0.4, 0.5) is 15.9 Å². The number of ketones is 2. The Labute approximate surface area is 533 Å². The molecule has 2 bridgehead atoms. The average molecular weight is 1280 g/mol. The second-order valence-corrected chi connectivity index (χ2v) is 26.1. The van der Waals surface area contributed by atoms with Crippen molar-refractivity contribution in [1.29, 1.82) is 0 Å². The number of allylic oxidation sites excluding steroid dienone is 3. The Kier molecular flexibility index (Phi) is 25.3. The van der Waals surface area contributed by atoms with E-state index in [9.17, 15) is 48.8 Å². The van der Waals surface area contributed by atoms with E-state index < -0.39 is 95.8 Å². The third-order valence-electron chi connectivity index (χ3n) is 19.1. The summed E-state index contributed by atoms with van der Waals surface area (Å²) in [4.78, 5) is 86.4. The monoisotopic (exact) mass is 1280 g/mol. The van der Waals surface area contributed by atoms with Crippen molar-refractivity contribution in [2.24, 2.45) is 29.6 Å². The van der Waals surface area contributed by atoms with Gasteiger partial charge in [-0.25, -0.2) is 19.2 Å². The summed E-state index contributed by atoms with van der Waals surface area (Å²) in [6.45, 7) is 12.3. The summed E-state index contributed by atoms with van der Waals surface area (Å²) in [5.41, 5.74) is 3.17. The average Bonchev–Trinajstić information content (AvgIpc) is 1.07. The van der Waals surface area contributed by atoms with Gasteiger partial charge in [-0.1, -0.05) is 50.1 Å². The predicted molar refractivity (Wildman–Crippen MR) is 335 cm³/mol. The lowest BCUT2D eigenvalue weighted by Gasteiger charge is -2.47. The van der Waals surface area contributed by atoms with E-state index >= 15 is 0 Å². The number of nitrogens with zero attached hydrogens (tertiary/aromatic N) is 5. The number of anilines is 2. The molecule has 21 nitrogen and oxygen atoms in total. The number of amides is 2. The Bertz CT molecular complexity index is 3040. The highest BCUT2D eigenvalue weighted by molar-refractivity contribution is 6.39. The van der Waals surface area contributed by atoms with Crippen molar-refractivity contribution in [2.75, 3.05) is 72.5 Å². The summed E-state index contributed by atoms with van der Waals surface area (Å²) in [5, 5.41) is 49.1. The van der Waals surface area contributed by atoms with Gasteiger partial charge in [-0.15, -0.1) is 0 Å². The Balaban J connectivity index is 0.946. The van der Waals surface area contributed by atoms with Gasteiger partial charge in [0.05, 0.1) is 54.3 Å². The highest BCUT2D eigenvalue weighted by atomic mass is 35.5. The molecule has 8 rings (SSSR count).